The summed E-state index contributed by atoms with van der Waals surface area (Å²) < 4.78 is 4.09. The van der Waals surface area contributed by atoms with Crippen LogP contribution in [0.5, 0.6) is 0 Å². The Kier molecular flexibility index (Phi) is 6.18. The van der Waals surface area contributed by atoms with Gasteiger partial charge in [0.25, 0.3) is 0 Å². The smallest absolute Gasteiger partial charge is 0.147 e. The number of hydrogen-bond donors (Lipinski definition) is 0. The number of ketones is 1. The number of rotatable bonds is 8. The van der Waals surface area contributed by atoms with Crippen molar-refractivity contribution in [3.63, 3.8) is 0 Å². The van der Waals surface area contributed by atoms with Crippen LogP contribution in [0.25, 0.3) is 21.8 Å². The molecule has 0 amide bonds. The predicted octanol–water partition coefficient (Wildman–Crippen LogP) is 6.03. The van der Waals surface area contributed by atoms with Crippen LogP contribution >= 0.6 is 0 Å². The lowest BCUT2D eigenvalue weighted by molar-refractivity contribution is -0.121. The molecule has 0 aliphatic rings. The lowest BCUT2D eigenvalue weighted by Crippen LogP contribution is -2.16. The average molecular weight is 431 g/mol. The number of Topliss-reactive ketones (excluding diaryl/α,β-unsaturated/α-hetero) is 1. The van der Waals surface area contributed by atoms with Crippen LogP contribution in [0.3, 0.4) is 0 Å². The van der Waals surface area contributed by atoms with Crippen molar-refractivity contribution in [2.24, 2.45) is 0 Å². The largest absolute Gasteiger partial charge is 0.298 e. The Balaban J connectivity index is 1.66. The van der Waals surface area contributed by atoms with E-state index in [-0.39, 0.29) is 17.6 Å². The molecule has 2 atom stereocenters. The zero-order chi connectivity index (χ0) is 23.0. The third-order valence-electron chi connectivity index (χ3n) is 6.83. The Morgan fingerprint density at radius 2 is 1.16 bits per heavy atom. The first kappa shape index (κ1) is 22.3. The molecule has 2 unspecified atom stereocenters. The summed E-state index contributed by atoms with van der Waals surface area (Å²) in [6.45, 7) is 14.2. The SMILES string of the molecule is CCc1nn(CC)c2cc(C(C)C(=O)C(C)c3ccc4c(CC)nn(CC)c4c3)ccc12. The molecule has 168 valence electrons. The standard InChI is InChI=1S/C27H34N4O/c1-7-23-21-13-11-19(15-25(21)30(9-3)28-23)17(5)27(32)18(6)20-12-14-22-24(8-2)29-31(10-4)26(22)16-20/h11-18H,7-10H2,1-6H3. The van der Waals surface area contributed by atoms with E-state index in [0.29, 0.717) is 0 Å². The van der Waals surface area contributed by atoms with Crippen molar-refractivity contribution >= 4 is 27.6 Å². The van der Waals surface area contributed by atoms with Gasteiger partial charge in [-0.15, -0.1) is 0 Å². The van der Waals surface area contributed by atoms with Gasteiger partial charge in [-0.05, 0) is 49.9 Å². The molecule has 32 heavy (non-hydrogen) atoms. The summed E-state index contributed by atoms with van der Waals surface area (Å²) >= 11 is 0. The van der Waals surface area contributed by atoms with Crippen molar-refractivity contribution in [1.82, 2.24) is 19.6 Å². The van der Waals surface area contributed by atoms with E-state index in [1.165, 1.54) is 10.8 Å². The summed E-state index contributed by atoms with van der Waals surface area (Å²) in [6, 6.07) is 12.8. The van der Waals surface area contributed by atoms with Crippen molar-refractivity contribution in [2.75, 3.05) is 0 Å². The number of aryl methyl sites for hydroxylation is 4. The predicted molar refractivity (Wildman–Crippen MR) is 131 cm³/mol. The number of carbonyl (C=O) groups is 1. The van der Waals surface area contributed by atoms with Crippen molar-refractivity contribution in [2.45, 2.75) is 79.3 Å². The monoisotopic (exact) mass is 430 g/mol. The van der Waals surface area contributed by atoms with Crippen LogP contribution in [0, 0.1) is 0 Å². The topological polar surface area (TPSA) is 52.7 Å². The number of carbonyl (C=O) groups excluding carboxylic acids is 1. The Bertz CT molecular complexity index is 1180. The summed E-state index contributed by atoms with van der Waals surface area (Å²) in [4.78, 5) is 13.5. The number of hydrogen-bond acceptors (Lipinski definition) is 3. The first-order valence-electron chi connectivity index (χ1n) is 12.0. The molecule has 5 heteroatoms. The van der Waals surface area contributed by atoms with Crippen LogP contribution in [-0.4, -0.2) is 25.3 Å². The van der Waals surface area contributed by atoms with E-state index in [0.717, 1.165) is 59.5 Å². The Hall–Kier alpha value is -2.95. The van der Waals surface area contributed by atoms with Crippen LogP contribution in [0.1, 0.15) is 75.9 Å². The fourth-order valence-corrected chi connectivity index (χ4v) is 4.77. The molecular formula is C27H34N4O. The van der Waals surface area contributed by atoms with Gasteiger partial charge in [0.1, 0.15) is 5.78 Å². The number of aromatic nitrogens is 4. The van der Waals surface area contributed by atoms with E-state index in [2.05, 4.69) is 64.1 Å². The fraction of sp³-hybridized carbons (Fsp3) is 0.444. The van der Waals surface area contributed by atoms with Crippen molar-refractivity contribution < 1.29 is 4.79 Å². The maximum Gasteiger partial charge on any atom is 0.147 e. The number of fused-ring (bicyclic) bond motifs is 2. The fourth-order valence-electron chi connectivity index (χ4n) is 4.77. The zero-order valence-electron chi connectivity index (χ0n) is 20.1. The first-order chi connectivity index (χ1) is 15.4. The van der Waals surface area contributed by atoms with Crippen LogP contribution in [-0.2, 0) is 30.7 Å². The molecule has 4 aromatic rings. The minimum atomic E-state index is -0.183. The van der Waals surface area contributed by atoms with E-state index in [9.17, 15) is 4.79 Å². The van der Waals surface area contributed by atoms with Crippen molar-refractivity contribution in [3.8, 4) is 0 Å². The van der Waals surface area contributed by atoms with Crippen LogP contribution < -0.4 is 0 Å². The molecule has 0 radical (unpaired) electrons. The Labute approximate surface area is 190 Å². The Morgan fingerprint density at radius 1 is 0.750 bits per heavy atom. The summed E-state index contributed by atoms with van der Waals surface area (Å²) in [6.07, 6.45) is 1.82. The minimum Gasteiger partial charge on any atom is -0.298 e. The van der Waals surface area contributed by atoms with Gasteiger partial charge in [-0.25, -0.2) is 0 Å². The summed E-state index contributed by atoms with van der Waals surface area (Å²) in [7, 11) is 0. The third kappa shape index (κ3) is 3.64. The molecule has 0 saturated heterocycles. The third-order valence-corrected chi connectivity index (χ3v) is 6.83. The van der Waals surface area contributed by atoms with E-state index in [1.807, 2.05) is 23.2 Å². The molecule has 4 rings (SSSR count). The van der Waals surface area contributed by atoms with Gasteiger partial charge in [-0.1, -0.05) is 52.0 Å². The molecule has 2 heterocycles. The maximum atomic E-state index is 13.5. The summed E-state index contributed by atoms with van der Waals surface area (Å²) in [5.41, 5.74) is 6.59. The molecule has 0 fully saturated rings. The molecule has 0 saturated carbocycles. The van der Waals surface area contributed by atoms with E-state index in [4.69, 9.17) is 10.2 Å². The summed E-state index contributed by atoms with van der Waals surface area (Å²) in [5, 5.41) is 11.8. The van der Waals surface area contributed by atoms with Crippen molar-refractivity contribution in [3.05, 3.63) is 58.9 Å². The molecule has 5 nitrogen and oxygen atoms in total. The number of benzene rings is 2. The second kappa shape index (κ2) is 8.89. The molecule has 0 aliphatic heterocycles. The lowest BCUT2D eigenvalue weighted by Gasteiger charge is -2.18. The van der Waals surface area contributed by atoms with Gasteiger partial charge >= 0.3 is 0 Å². The molecule has 0 spiro atoms. The highest BCUT2D eigenvalue weighted by molar-refractivity contribution is 5.94. The highest BCUT2D eigenvalue weighted by Crippen LogP contribution is 2.31. The second-order valence-corrected chi connectivity index (χ2v) is 8.63. The quantitative estimate of drug-likeness (QED) is 0.343. The molecule has 0 N–H and O–H groups in total. The highest BCUT2D eigenvalue weighted by atomic mass is 16.1. The Morgan fingerprint density at radius 3 is 1.50 bits per heavy atom. The van der Waals surface area contributed by atoms with Gasteiger partial charge in [0.2, 0.25) is 0 Å². The molecule has 2 aromatic heterocycles. The van der Waals surface area contributed by atoms with Gasteiger partial charge in [-0.2, -0.15) is 10.2 Å². The maximum absolute atomic E-state index is 13.5. The molecule has 0 bridgehead atoms. The first-order valence-corrected chi connectivity index (χ1v) is 12.0. The van der Waals surface area contributed by atoms with Crippen molar-refractivity contribution in [1.29, 1.82) is 0 Å². The van der Waals surface area contributed by atoms with E-state index >= 15 is 0 Å². The molecular weight excluding hydrogens is 396 g/mol. The van der Waals surface area contributed by atoms with Gasteiger partial charge in [-0.3, -0.25) is 14.2 Å². The molecule has 2 aromatic carbocycles. The average Bonchev–Trinajstić information content (AvgIpc) is 3.38. The van der Waals surface area contributed by atoms with Crippen LogP contribution in [0.4, 0.5) is 0 Å². The van der Waals surface area contributed by atoms with Gasteiger partial charge < -0.3 is 0 Å². The van der Waals surface area contributed by atoms with E-state index in [1.54, 1.807) is 0 Å². The molecule has 0 aliphatic carbocycles. The van der Waals surface area contributed by atoms with Gasteiger partial charge in [0.15, 0.2) is 0 Å². The van der Waals surface area contributed by atoms with Crippen LogP contribution in [0.2, 0.25) is 0 Å². The minimum absolute atomic E-state index is 0.183. The number of nitrogens with zero attached hydrogens (tertiary/aromatic N) is 4. The second-order valence-electron chi connectivity index (χ2n) is 8.63. The zero-order valence-corrected chi connectivity index (χ0v) is 20.1. The van der Waals surface area contributed by atoms with Gasteiger partial charge in [0.05, 0.1) is 22.4 Å². The highest BCUT2D eigenvalue weighted by Gasteiger charge is 2.24. The lowest BCUT2D eigenvalue weighted by atomic mass is 9.85. The normalized spacial score (nSPS) is 13.7. The van der Waals surface area contributed by atoms with Gasteiger partial charge in [0, 0.05) is 35.7 Å². The summed E-state index contributed by atoms with van der Waals surface area (Å²) in [5.74, 6) is -0.129. The van der Waals surface area contributed by atoms with E-state index < -0.39 is 0 Å². The van der Waals surface area contributed by atoms with Crippen LogP contribution in [0.15, 0.2) is 36.4 Å².